The Labute approximate surface area is 144 Å². The summed E-state index contributed by atoms with van der Waals surface area (Å²) in [6, 6.07) is 13.3. The molecule has 1 aliphatic heterocycles. The van der Waals surface area contributed by atoms with E-state index in [0.717, 1.165) is 43.0 Å². The normalized spacial score (nSPS) is 16.4. The first-order valence-corrected chi connectivity index (χ1v) is 8.19. The van der Waals surface area contributed by atoms with Gasteiger partial charge < -0.3 is 4.90 Å². The van der Waals surface area contributed by atoms with E-state index in [2.05, 4.69) is 9.80 Å². The van der Waals surface area contributed by atoms with Crippen LogP contribution in [-0.4, -0.2) is 31.1 Å². The smallest absolute Gasteiger partial charge is 0.368 e. The highest BCUT2D eigenvalue weighted by atomic mass is 35.5. The molecule has 0 bridgehead atoms. The summed E-state index contributed by atoms with van der Waals surface area (Å²) in [5.41, 5.74) is 1.11. The van der Waals surface area contributed by atoms with Gasteiger partial charge in [-0.3, -0.25) is 4.90 Å². The lowest BCUT2D eigenvalue weighted by atomic mass is 10.1. The second-order valence-electron chi connectivity index (χ2n) is 5.91. The fourth-order valence-electron chi connectivity index (χ4n) is 2.96. The predicted octanol–water partition coefficient (Wildman–Crippen LogP) is 4.68. The second-order valence-corrected chi connectivity index (χ2v) is 6.32. The Morgan fingerprint density at radius 1 is 0.917 bits per heavy atom. The lowest BCUT2D eigenvalue weighted by Crippen LogP contribution is -2.46. The fraction of sp³-hybridized carbons (Fsp3) is 0.333. The van der Waals surface area contributed by atoms with Crippen LogP contribution in [0.15, 0.2) is 48.5 Å². The molecule has 6 heteroatoms. The molecular weight excluding hydrogens is 337 g/mol. The zero-order valence-electron chi connectivity index (χ0n) is 13.1. The van der Waals surface area contributed by atoms with E-state index in [1.165, 1.54) is 12.1 Å². The van der Waals surface area contributed by atoms with Crippen LogP contribution in [0.5, 0.6) is 0 Å². The van der Waals surface area contributed by atoms with Gasteiger partial charge in [0, 0.05) is 32.7 Å². The molecule has 2 nitrogen and oxygen atoms in total. The molecule has 1 aliphatic rings. The average molecular weight is 355 g/mol. The van der Waals surface area contributed by atoms with Crippen LogP contribution in [0.1, 0.15) is 11.1 Å². The number of piperazine rings is 1. The Bertz CT molecular complexity index is 695. The standard InChI is InChI=1S/C18H18ClF3N2/c19-16-6-1-2-7-17(16)24-10-8-23(9-11-24)13-14-4-3-5-15(12-14)18(20,21)22/h1-7,12H,8-11,13H2. The van der Waals surface area contributed by atoms with Crippen molar-refractivity contribution in [2.75, 3.05) is 31.1 Å². The molecular formula is C18H18ClF3N2. The third-order valence-corrected chi connectivity index (χ3v) is 4.55. The number of hydrogen-bond acceptors (Lipinski definition) is 2. The van der Waals surface area contributed by atoms with E-state index >= 15 is 0 Å². The zero-order valence-corrected chi connectivity index (χ0v) is 13.8. The Kier molecular flexibility index (Phi) is 5.01. The number of halogens is 4. The molecule has 3 rings (SSSR count). The van der Waals surface area contributed by atoms with Gasteiger partial charge in [-0.2, -0.15) is 13.2 Å². The third-order valence-electron chi connectivity index (χ3n) is 4.23. The van der Waals surface area contributed by atoms with E-state index < -0.39 is 11.7 Å². The second kappa shape index (κ2) is 7.03. The number of hydrogen-bond donors (Lipinski definition) is 0. The van der Waals surface area contributed by atoms with Gasteiger partial charge in [-0.1, -0.05) is 41.9 Å². The summed E-state index contributed by atoms with van der Waals surface area (Å²) in [7, 11) is 0. The van der Waals surface area contributed by atoms with E-state index in [-0.39, 0.29) is 0 Å². The van der Waals surface area contributed by atoms with E-state index in [9.17, 15) is 13.2 Å². The van der Waals surface area contributed by atoms with Crippen LogP contribution < -0.4 is 4.90 Å². The lowest BCUT2D eigenvalue weighted by Gasteiger charge is -2.36. The number of alkyl halides is 3. The summed E-state index contributed by atoms with van der Waals surface area (Å²) >= 11 is 6.22. The molecule has 128 valence electrons. The minimum atomic E-state index is -4.29. The summed E-state index contributed by atoms with van der Waals surface area (Å²) in [6.07, 6.45) is -4.29. The number of benzene rings is 2. The van der Waals surface area contributed by atoms with Crippen LogP contribution in [0, 0.1) is 0 Å². The first-order chi connectivity index (χ1) is 11.4. The maximum atomic E-state index is 12.8. The van der Waals surface area contributed by atoms with Gasteiger partial charge in [-0.05, 0) is 23.8 Å². The van der Waals surface area contributed by atoms with Gasteiger partial charge in [-0.15, -0.1) is 0 Å². The summed E-state index contributed by atoms with van der Waals surface area (Å²) in [5.74, 6) is 0. The SMILES string of the molecule is FC(F)(F)c1cccc(CN2CCN(c3ccccc3Cl)CC2)c1. The van der Waals surface area contributed by atoms with Gasteiger partial charge in [-0.25, -0.2) is 0 Å². The van der Waals surface area contributed by atoms with Gasteiger partial charge in [0.25, 0.3) is 0 Å². The number of nitrogens with zero attached hydrogens (tertiary/aromatic N) is 2. The molecule has 2 aromatic rings. The van der Waals surface area contributed by atoms with Crippen LogP contribution in [0.4, 0.5) is 18.9 Å². The molecule has 0 amide bonds. The highest BCUT2D eigenvalue weighted by molar-refractivity contribution is 6.33. The molecule has 2 aromatic carbocycles. The molecule has 1 saturated heterocycles. The number of anilines is 1. The fourth-order valence-corrected chi connectivity index (χ4v) is 3.21. The maximum absolute atomic E-state index is 12.8. The minimum Gasteiger partial charge on any atom is -0.368 e. The molecule has 1 fully saturated rings. The van der Waals surface area contributed by atoms with Crippen molar-refractivity contribution in [3.8, 4) is 0 Å². The van der Waals surface area contributed by atoms with Crippen molar-refractivity contribution >= 4 is 17.3 Å². The number of rotatable bonds is 3. The van der Waals surface area contributed by atoms with Crippen LogP contribution in [0.25, 0.3) is 0 Å². The monoisotopic (exact) mass is 354 g/mol. The summed E-state index contributed by atoms with van der Waals surface area (Å²) < 4.78 is 38.4. The van der Waals surface area contributed by atoms with Crippen LogP contribution in [0.2, 0.25) is 5.02 Å². The molecule has 1 heterocycles. The first kappa shape index (κ1) is 17.1. The third kappa shape index (κ3) is 4.02. The van der Waals surface area contributed by atoms with Crippen molar-refractivity contribution in [2.24, 2.45) is 0 Å². The van der Waals surface area contributed by atoms with Crippen molar-refractivity contribution in [3.63, 3.8) is 0 Å². The van der Waals surface area contributed by atoms with Gasteiger partial charge in [0.15, 0.2) is 0 Å². The van der Waals surface area contributed by atoms with Crippen molar-refractivity contribution in [1.29, 1.82) is 0 Å². The quantitative estimate of drug-likeness (QED) is 0.789. The van der Waals surface area contributed by atoms with E-state index in [1.54, 1.807) is 6.07 Å². The van der Waals surface area contributed by atoms with Crippen molar-refractivity contribution in [2.45, 2.75) is 12.7 Å². The topological polar surface area (TPSA) is 6.48 Å². The summed E-state index contributed by atoms with van der Waals surface area (Å²) in [5, 5.41) is 0.726. The molecule has 0 saturated carbocycles. The van der Waals surface area contributed by atoms with Gasteiger partial charge >= 0.3 is 6.18 Å². The van der Waals surface area contributed by atoms with Crippen LogP contribution in [-0.2, 0) is 12.7 Å². The Hall–Kier alpha value is -1.72. The minimum absolute atomic E-state index is 0.528. The van der Waals surface area contributed by atoms with Crippen LogP contribution in [0.3, 0.4) is 0 Å². The molecule has 0 spiro atoms. The molecule has 24 heavy (non-hydrogen) atoms. The molecule has 0 atom stereocenters. The average Bonchev–Trinajstić information content (AvgIpc) is 2.56. The number of para-hydroxylation sites is 1. The summed E-state index contributed by atoms with van der Waals surface area (Å²) in [4.78, 5) is 4.38. The Balaban J connectivity index is 1.61. The van der Waals surface area contributed by atoms with E-state index in [0.29, 0.717) is 12.1 Å². The largest absolute Gasteiger partial charge is 0.416 e. The molecule has 0 aromatic heterocycles. The van der Waals surface area contributed by atoms with Crippen molar-refractivity contribution in [3.05, 3.63) is 64.7 Å². The molecule has 0 aliphatic carbocycles. The van der Waals surface area contributed by atoms with E-state index in [4.69, 9.17) is 11.6 Å². The highest BCUT2D eigenvalue weighted by Crippen LogP contribution is 2.30. The first-order valence-electron chi connectivity index (χ1n) is 7.81. The van der Waals surface area contributed by atoms with Crippen molar-refractivity contribution in [1.82, 2.24) is 4.90 Å². The van der Waals surface area contributed by atoms with E-state index in [1.807, 2.05) is 24.3 Å². The molecule has 0 N–H and O–H groups in total. The molecule has 0 unspecified atom stereocenters. The van der Waals surface area contributed by atoms with Crippen LogP contribution >= 0.6 is 11.6 Å². The van der Waals surface area contributed by atoms with Crippen molar-refractivity contribution < 1.29 is 13.2 Å². The van der Waals surface area contributed by atoms with Gasteiger partial charge in [0.2, 0.25) is 0 Å². The zero-order chi connectivity index (χ0) is 17.2. The maximum Gasteiger partial charge on any atom is 0.416 e. The predicted molar refractivity (Wildman–Crippen MR) is 90.4 cm³/mol. The lowest BCUT2D eigenvalue weighted by molar-refractivity contribution is -0.137. The van der Waals surface area contributed by atoms with Gasteiger partial charge in [0.1, 0.15) is 0 Å². The highest BCUT2D eigenvalue weighted by Gasteiger charge is 2.30. The molecule has 0 radical (unpaired) electrons. The summed E-state index contributed by atoms with van der Waals surface area (Å²) in [6.45, 7) is 3.73. The Morgan fingerprint density at radius 2 is 1.62 bits per heavy atom. The Morgan fingerprint density at radius 3 is 2.29 bits per heavy atom. The van der Waals surface area contributed by atoms with Gasteiger partial charge in [0.05, 0.1) is 16.3 Å².